The van der Waals surface area contributed by atoms with E-state index in [1.165, 1.54) is 32.1 Å². The number of nitrogens with one attached hydrogen (secondary N) is 1. The monoisotopic (exact) mass is 310 g/mol. The lowest BCUT2D eigenvalue weighted by atomic mass is 9.83. The minimum absolute atomic E-state index is 0.0259. The molecule has 0 spiro atoms. The van der Waals surface area contributed by atoms with Gasteiger partial charge >= 0.3 is 0 Å². The van der Waals surface area contributed by atoms with Crippen molar-refractivity contribution < 1.29 is 9.90 Å². The van der Waals surface area contributed by atoms with E-state index in [-0.39, 0.29) is 12.5 Å². The van der Waals surface area contributed by atoms with Crippen LogP contribution in [0, 0.1) is 11.8 Å². The first-order chi connectivity index (χ1) is 10.4. The maximum absolute atomic E-state index is 11.1. The second kappa shape index (κ2) is 10.0. The van der Waals surface area contributed by atoms with E-state index in [2.05, 4.69) is 25.7 Å². The van der Waals surface area contributed by atoms with Crippen molar-refractivity contribution in [2.24, 2.45) is 17.6 Å². The van der Waals surface area contributed by atoms with Gasteiger partial charge in [-0.15, -0.1) is 0 Å². The molecule has 0 aromatic heterocycles. The van der Waals surface area contributed by atoms with Crippen molar-refractivity contribution in [2.75, 3.05) is 6.54 Å². The van der Waals surface area contributed by atoms with E-state index in [0.29, 0.717) is 17.4 Å². The van der Waals surface area contributed by atoms with Gasteiger partial charge in [0.2, 0.25) is 5.91 Å². The van der Waals surface area contributed by atoms with Crippen LogP contribution in [0.1, 0.15) is 65.2 Å². The van der Waals surface area contributed by atoms with Crippen LogP contribution in [0.15, 0.2) is 12.2 Å². The highest BCUT2D eigenvalue weighted by molar-refractivity contribution is 5.91. The van der Waals surface area contributed by atoms with E-state index in [9.17, 15) is 9.90 Å². The van der Waals surface area contributed by atoms with Crippen LogP contribution in [-0.2, 0) is 4.79 Å². The predicted molar refractivity (Wildman–Crippen MR) is 91.4 cm³/mol. The lowest BCUT2D eigenvalue weighted by Gasteiger charge is -2.30. The molecule has 128 valence electrons. The predicted octanol–water partition coefficient (Wildman–Crippen LogP) is 2.75. The van der Waals surface area contributed by atoms with E-state index in [4.69, 9.17) is 5.73 Å². The van der Waals surface area contributed by atoms with Crippen LogP contribution >= 0.6 is 0 Å². The van der Waals surface area contributed by atoms with Crippen molar-refractivity contribution in [3.63, 3.8) is 0 Å². The minimum atomic E-state index is -0.589. The van der Waals surface area contributed by atoms with Gasteiger partial charge in [-0.25, -0.2) is 0 Å². The summed E-state index contributed by atoms with van der Waals surface area (Å²) in [6.07, 6.45) is 8.19. The number of carbonyl (C=O) groups excluding carboxylic acids is 1. The molecule has 1 aliphatic rings. The molecule has 2 unspecified atom stereocenters. The number of rotatable bonds is 10. The third-order valence-corrected chi connectivity index (χ3v) is 4.71. The summed E-state index contributed by atoms with van der Waals surface area (Å²) in [6, 6.07) is 0.0259. The summed E-state index contributed by atoms with van der Waals surface area (Å²) in [5, 5.41) is 14.0. The molecule has 0 saturated heterocycles. The lowest BCUT2D eigenvalue weighted by molar-refractivity contribution is -0.115. The molecular weight excluding hydrogens is 276 g/mol. The Hall–Kier alpha value is -0.870. The molecule has 0 heterocycles. The van der Waals surface area contributed by atoms with Gasteiger partial charge in [0.25, 0.3) is 0 Å². The normalized spacial score (nSPS) is 19.1. The Morgan fingerprint density at radius 2 is 1.95 bits per heavy atom. The Morgan fingerprint density at radius 3 is 2.50 bits per heavy atom. The van der Waals surface area contributed by atoms with Gasteiger partial charge in [-0.3, -0.25) is 4.79 Å². The molecule has 0 aromatic rings. The van der Waals surface area contributed by atoms with Gasteiger partial charge < -0.3 is 16.2 Å². The summed E-state index contributed by atoms with van der Waals surface area (Å²) in [5.41, 5.74) is 5.55. The van der Waals surface area contributed by atoms with E-state index in [0.717, 1.165) is 19.4 Å². The molecule has 0 bridgehead atoms. The van der Waals surface area contributed by atoms with E-state index in [1.807, 2.05) is 0 Å². The van der Waals surface area contributed by atoms with Crippen LogP contribution in [0.25, 0.3) is 0 Å². The molecule has 1 fully saturated rings. The number of primary amides is 1. The van der Waals surface area contributed by atoms with E-state index in [1.54, 1.807) is 0 Å². The number of aliphatic hydroxyl groups is 1. The van der Waals surface area contributed by atoms with Gasteiger partial charge in [0.05, 0.1) is 6.10 Å². The van der Waals surface area contributed by atoms with Crippen LogP contribution in [0.3, 0.4) is 0 Å². The summed E-state index contributed by atoms with van der Waals surface area (Å²) in [7, 11) is 0. The Balaban J connectivity index is 2.54. The second-order valence-electron chi connectivity index (χ2n) is 7.22. The van der Waals surface area contributed by atoms with Crippen molar-refractivity contribution in [3.8, 4) is 0 Å². The first-order valence-corrected chi connectivity index (χ1v) is 8.79. The number of nitrogens with two attached hydrogens (primary N) is 1. The van der Waals surface area contributed by atoms with Crippen LogP contribution in [0.5, 0.6) is 0 Å². The largest absolute Gasteiger partial charge is 0.391 e. The highest BCUT2D eigenvalue weighted by Crippen LogP contribution is 2.28. The van der Waals surface area contributed by atoms with Gasteiger partial charge in [-0.05, 0) is 31.2 Å². The van der Waals surface area contributed by atoms with E-state index >= 15 is 0 Å². The van der Waals surface area contributed by atoms with Crippen molar-refractivity contribution in [1.29, 1.82) is 0 Å². The maximum Gasteiger partial charge on any atom is 0.244 e. The first-order valence-electron chi connectivity index (χ1n) is 8.79. The Labute approximate surface area is 135 Å². The van der Waals surface area contributed by atoms with Crippen LogP contribution < -0.4 is 11.1 Å². The summed E-state index contributed by atoms with van der Waals surface area (Å²) < 4.78 is 0. The Morgan fingerprint density at radius 1 is 1.32 bits per heavy atom. The summed E-state index contributed by atoms with van der Waals surface area (Å²) in [4.78, 5) is 11.1. The Kier molecular flexibility index (Phi) is 8.72. The molecule has 1 saturated carbocycles. The van der Waals surface area contributed by atoms with Gasteiger partial charge in [0.1, 0.15) is 0 Å². The van der Waals surface area contributed by atoms with Gasteiger partial charge in [-0.2, -0.15) is 0 Å². The molecular formula is C18H34N2O2. The van der Waals surface area contributed by atoms with Crippen LogP contribution in [0.2, 0.25) is 0 Å². The third-order valence-electron chi connectivity index (χ3n) is 4.71. The van der Waals surface area contributed by atoms with Gasteiger partial charge in [0.15, 0.2) is 0 Å². The molecule has 0 radical (unpaired) electrons. The molecule has 22 heavy (non-hydrogen) atoms. The zero-order valence-corrected chi connectivity index (χ0v) is 14.3. The van der Waals surface area contributed by atoms with E-state index < -0.39 is 12.0 Å². The second-order valence-corrected chi connectivity index (χ2v) is 7.22. The molecule has 1 amide bonds. The minimum Gasteiger partial charge on any atom is -0.391 e. The SMILES string of the molecule is C=C(CC(O)C(CC1CCCCC1)NCCC(C)C)C(N)=O. The fourth-order valence-electron chi connectivity index (χ4n) is 3.21. The molecule has 2 atom stereocenters. The smallest absolute Gasteiger partial charge is 0.244 e. The molecule has 4 N–H and O–H groups in total. The molecule has 4 heteroatoms. The molecule has 1 rings (SSSR count). The van der Waals surface area contributed by atoms with Crippen molar-refractivity contribution in [3.05, 3.63) is 12.2 Å². The first kappa shape index (κ1) is 19.2. The average molecular weight is 310 g/mol. The molecule has 0 aliphatic heterocycles. The molecule has 0 aromatic carbocycles. The number of amides is 1. The van der Waals surface area contributed by atoms with Crippen LogP contribution in [-0.4, -0.2) is 29.7 Å². The zero-order valence-electron chi connectivity index (χ0n) is 14.3. The summed E-state index contributed by atoms with van der Waals surface area (Å²) in [6.45, 7) is 8.96. The maximum atomic E-state index is 11.1. The standard InChI is InChI=1S/C18H34N2O2/c1-13(2)9-10-20-16(12-15-7-5-4-6-8-15)17(21)11-14(3)18(19)22/h13,15-17,20-21H,3-12H2,1-2H3,(H2,19,22). The van der Waals surface area contributed by atoms with Crippen molar-refractivity contribution in [1.82, 2.24) is 5.32 Å². The highest BCUT2D eigenvalue weighted by atomic mass is 16.3. The van der Waals surface area contributed by atoms with Crippen molar-refractivity contribution >= 4 is 5.91 Å². The zero-order chi connectivity index (χ0) is 16.5. The summed E-state index contributed by atoms with van der Waals surface area (Å²) in [5.74, 6) is 0.806. The quantitative estimate of drug-likeness (QED) is 0.543. The fraction of sp³-hybridized carbons (Fsp3) is 0.833. The molecule has 4 nitrogen and oxygen atoms in total. The average Bonchev–Trinajstić information content (AvgIpc) is 2.46. The number of carbonyl (C=O) groups is 1. The number of hydrogen-bond acceptors (Lipinski definition) is 3. The number of hydrogen-bond donors (Lipinski definition) is 3. The van der Waals surface area contributed by atoms with Crippen LogP contribution in [0.4, 0.5) is 0 Å². The number of aliphatic hydroxyl groups excluding tert-OH is 1. The van der Waals surface area contributed by atoms with Crippen molar-refractivity contribution in [2.45, 2.75) is 77.4 Å². The summed E-state index contributed by atoms with van der Waals surface area (Å²) >= 11 is 0. The topological polar surface area (TPSA) is 75.3 Å². The fourth-order valence-corrected chi connectivity index (χ4v) is 3.21. The lowest BCUT2D eigenvalue weighted by Crippen LogP contribution is -2.43. The highest BCUT2D eigenvalue weighted by Gasteiger charge is 2.25. The Bertz CT molecular complexity index is 349. The van der Waals surface area contributed by atoms with Gasteiger partial charge in [0, 0.05) is 18.0 Å². The molecule has 1 aliphatic carbocycles. The third kappa shape index (κ3) is 7.41. The van der Waals surface area contributed by atoms with Gasteiger partial charge in [-0.1, -0.05) is 52.5 Å².